The molecule has 0 aromatic heterocycles. The van der Waals surface area contributed by atoms with Crippen LogP contribution in [0.15, 0.2) is 12.3 Å². The first-order valence-corrected chi connectivity index (χ1v) is 33.9. The van der Waals surface area contributed by atoms with Crippen molar-refractivity contribution >= 4 is 70.4 Å². The third kappa shape index (κ3) is 6.48. The van der Waals surface area contributed by atoms with E-state index in [-0.39, 0.29) is 38.8 Å². The maximum absolute atomic E-state index is 7.81. The summed E-state index contributed by atoms with van der Waals surface area (Å²) < 4.78 is 92.7. The van der Waals surface area contributed by atoms with Crippen LogP contribution in [-0.4, -0.2) is 70.4 Å². The van der Waals surface area contributed by atoms with Crippen LogP contribution in [0.4, 0.5) is 0 Å². The molecule has 0 aliphatic carbocycles. The lowest BCUT2D eigenvalue weighted by molar-refractivity contribution is -0.0420. The van der Waals surface area contributed by atoms with E-state index in [1.807, 2.05) is 0 Å². The molecule has 8 bridgehead atoms. The summed E-state index contributed by atoms with van der Waals surface area (Å²) in [5.41, 5.74) is 0.339. The molecule has 7 unspecified atom stereocenters. The highest BCUT2D eigenvalue weighted by molar-refractivity contribution is 7.05. The highest BCUT2D eigenvalue weighted by atomic mass is 28.6. The zero-order chi connectivity index (χ0) is 37.2. The highest BCUT2D eigenvalue weighted by Crippen LogP contribution is 2.60. The topological polar surface area (TPSA) is 111 Å². The highest BCUT2D eigenvalue weighted by Gasteiger charge is 2.86. The van der Waals surface area contributed by atoms with Gasteiger partial charge in [-0.05, 0) is 50.6 Å². The van der Waals surface area contributed by atoms with Crippen LogP contribution in [0.25, 0.3) is 0 Å². The molecule has 6 aliphatic heterocycles. The van der Waals surface area contributed by atoms with Crippen molar-refractivity contribution in [2.45, 2.75) is 181 Å². The smallest absolute Gasteiger partial charge is 0.373 e. The van der Waals surface area contributed by atoms with Crippen LogP contribution in [0, 0.1) is 0 Å². The number of hydrogen-bond acceptors (Lipinski definition) is 12. The van der Waals surface area contributed by atoms with Crippen molar-refractivity contribution in [1.29, 1.82) is 0 Å². The van der Waals surface area contributed by atoms with Crippen molar-refractivity contribution in [3.8, 4) is 0 Å². The Labute approximate surface area is 311 Å². The Morgan fingerprint density at radius 3 is 0.580 bits per heavy atom. The zero-order valence-corrected chi connectivity index (χ0v) is 41.2. The van der Waals surface area contributed by atoms with Gasteiger partial charge in [-0.2, -0.15) is 0 Å². The maximum atomic E-state index is 7.81. The molecule has 12 nitrogen and oxygen atoms in total. The van der Waals surface area contributed by atoms with E-state index in [0.29, 0.717) is 38.5 Å². The summed E-state index contributed by atoms with van der Waals surface area (Å²) in [5.74, 6) is 0. The molecule has 0 aromatic rings. The number of rotatable bonds is 15. The van der Waals surface area contributed by atoms with E-state index in [1.165, 1.54) is 0 Å². The lowest BCUT2D eigenvalue weighted by atomic mass is 10.4. The van der Waals surface area contributed by atoms with E-state index in [0.717, 1.165) is 6.42 Å². The van der Waals surface area contributed by atoms with E-state index >= 15 is 0 Å². The average Bonchev–Trinajstić information content (AvgIpc) is 3.07. The molecule has 0 N–H and O–H groups in total. The molecule has 6 fully saturated rings. The van der Waals surface area contributed by atoms with Crippen LogP contribution in [0.3, 0.4) is 0 Å². The Morgan fingerprint density at radius 1 is 0.320 bits per heavy atom. The minimum Gasteiger partial charge on any atom is -0.373 e. The molecule has 50 heavy (non-hydrogen) atoms. The first-order chi connectivity index (χ1) is 23.4. The molecule has 0 spiro atoms. The van der Waals surface area contributed by atoms with Gasteiger partial charge in [0, 0.05) is 38.8 Å². The van der Waals surface area contributed by atoms with Gasteiger partial charge in [-0.3, -0.25) is 0 Å². The average molecular weight is 844 g/mol. The van der Waals surface area contributed by atoms with Crippen LogP contribution in [-0.2, 0) is 49.4 Å². The van der Waals surface area contributed by atoms with Crippen LogP contribution >= 0.6 is 0 Å². The van der Waals surface area contributed by atoms with Crippen molar-refractivity contribution in [3.05, 3.63) is 12.3 Å². The molecule has 0 aromatic carbocycles. The Balaban J connectivity index is 2.04. The molecule has 0 radical (unpaired) electrons. The lowest BCUT2D eigenvalue weighted by Crippen LogP contribution is -2.90. The Kier molecular flexibility index (Phi) is 12.5. The van der Waals surface area contributed by atoms with Crippen molar-refractivity contribution in [1.82, 2.24) is 0 Å². The second-order valence-electron chi connectivity index (χ2n) is 15.4. The van der Waals surface area contributed by atoms with Crippen LogP contribution < -0.4 is 0 Å². The van der Waals surface area contributed by atoms with Crippen LogP contribution in [0.1, 0.15) is 142 Å². The molecule has 6 heterocycles. The van der Waals surface area contributed by atoms with Gasteiger partial charge in [0.2, 0.25) is 0 Å². The molecule has 6 aliphatic rings. The fraction of sp³-hybridized carbons (Fsp3) is 0.933. The summed E-state index contributed by atoms with van der Waals surface area (Å²) in [4.78, 5) is 0. The van der Waals surface area contributed by atoms with Crippen LogP contribution in [0.5, 0.6) is 0 Å². The molecule has 7 atom stereocenters. The standard InChI is InChI=1S/C30H66O12Si8/c1-16-24(9)44-31-43(23-8)32-45(25(10)17-2)36-47(34-44,27(12)19-4)40-50(30(15)22-7)41-48(35-44,28(13)20-5)37-46(33-43,26(11)18-3)39-49(38-45,42-50)29(14)21-6/h23-30H,8,16-22H2,1-7,9-15H3. The fourth-order valence-corrected chi connectivity index (χ4v) is 60.3. The molecular weight excluding hydrogens is 777 g/mol. The van der Waals surface area contributed by atoms with E-state index < -0.39 is 70.4 Å². The summed E-state index contributed by atoms with van der Waals surface area (Å²) >= 11 is 0. The van der Waals surface area contributed by atoms with Gasteiger partial charge >= 0.3 is 70.4 Å². The predicted molar refractivity (Wildman–Crippen MR) is 207 cm³/mol. The summed E-state index contributed by atoms with van der Waals surface area (Å²) in [6.45, 7) is 34.1. The second kappa shape index (κ2) is 14.8. The third-order valence-electron chi connectivity index (χ3n) is 12.2. The molecule has 6 rings (SSSR count). The second-order valence-corrected chi connectivity index (χ2v) is 42.2. The maximum Gasteiger partial charge on any atom is 0.506 e. The third-order valence-corrected chi connectivity index (χ3v) is 51.3. The zero-order valence-electron chi connectivity index (χ0n) is 33.2. The van der Waals surface area contributed by atoms with E-state index in [2.05, 4.69) is 104 Å². The molecule has 6 saturated heterocycles. The normalized spacial score (nSPS) is 46.8. The Bertz CT molecular complexity index is 1090. The Hall–Kier alpha value is 0.995. The fourth-order valence-electron chi connectivity index (χ4n) is 6.87. The van der Waals surface area contributed by atoms with Gasteiger partial charge in [-0.15, -0.1) is 6.58 Å². The van der Waals surface area contributed by atoms with Crippen molar-refractivity contribution in [3.63, 3.8) is 0 Å². The summed E-state index contributed by atoms with van der Waals surface area (Å²) in [6.07, 6.45) is 4.97. The van der Waals surface area contributed by atoms with Crippen molar-refractivity contribution in [2.75, 3.05) is 0 Å². The molecular formula is C30H66O12Si8. The van der Waals surface area contributed by atoms with Gasteiger partial charge in [0.25, 0.3) is 0 Å². The minimum absolute atomic E-state index is 0.180. The SMILES string of the molecule is C=C[Si]12O[Si]3(C(C)CC)O[Si]4(C(C)CC)O[Si](C(C)CC)(O1)O[Si]1(C(C)CC)O[Si](C(C)CC)(O2)O[Si](C(C)CC)(O3)O[Si](C(C)CC)(O4)O1. The first kappa shape index (κ1) is 42.1. The van der Waals surface area contributed by atoms with E-state index in [9.17, 15) is 0 Å². The van der Waals surface area contributed by atoms with Gasteiger partial charge in [0.1, 0.15) is 0 Å². The lowest BCUT2D eigenvalue weighted by Gasteiger charge is -2.66. The van der Waals surface area contributed by atoms with Gasteiger partial charge < -0.3 is 49.4 Å². The molecule has 0 amide bonds. The predicted octanol–water partition coefficient (Wildman–Crippen LogP) is 9.09. The van der Waals surface area contributed by atoms with Crippen molar-refractivity contribution < 1.29 is 49.4 Å². The van der Waals surface area contributed by atoms with Crippen molar-refractivity contribution in [2.24, 2.45) is 0 Å². The van der Waals surface area contributed by atoms with E-state index in [4.69, 9.17) is 49.4 Å². The monoisotopic (exact) mass is 842 g/mol. The molecule has 0 saturated carbocycles. The van der Waals surface area contributed by atoms with E-state index in [1.54, 1.807) is 5.70 Å². The molecule has 20 heteroatoms. The van der Waals surface area contributed by atoms with Gasteiger partial charge in [-0.25, -0.2) is 0 Å². The van der Waals surface area contributed by atoms with Gasteiger partial charge in [-0.1, -0.05) is 96.9 Å². The minimum atomic E-state index is -4.05. The summed E-state index contributed by atoms with van der Waals surface area (Å²) in [7, 11) is -31.7. The quantitative estimate of drug-likeness (QED) is 0.147. The summed E-state index contributed by atoms with van der Waals surface area (Å²) in [5, 5.41) is 0. The van der Waals surface area contributed by atoms with Gasteiger partial charge in [0.15, 0.2) is 0 Å². The largest absolute Gasteiger partial charge is 0.506 e. The first-order valence-electron chi connectivity index (χ1n) is 19.5. The Morgan fingerprint density at radius 2 is 0.460 bits per heavy atom. The number of hydrogen-bond donors (Lipinski definition) is 0. The van der Waals surface area contributed by atoms with Crippen LogP contribution in [0.2, 0.25) is 38.8 Å². The van der Waals surface area contributed by atoms with Gasteiger partial charge in [0.05, 0.1) is 0 Å². The summed E-state index contributed by atoms with van der Waals surface area (Å²) in [6, 6.07) is 0. The molecule has 290 valence electrons.